The van der Waals surface area contributed by atoms with E-state index < -0.39 is 6.04 Å². The number of carbonyl (C=O) groups is 1. The van der Waals surface area contributed by atoms with E-state index >= 15 is 0 Å². The van der Waals surface area contributed by atoms with Crippen LogP contribution in [0.15, 0.2) is 0 Å². The highest BCUT2D eigenvalue weighted by molar-refractivity contribution is 5.82. The summed E-state index contributed by atoms with van der Waals surface area (Å²) in [6.07, 6.45) is 9.10. The van der Waals surface area contributed by atoms with Crippen LogP contribution in [-0.2, 0) is 4.79 Å². The molecule has 1 fully saturated rings. The second-order valence-electron chi connectivity index (χ2n) is 4.00. The summed E-state index contributed by atoms with van der Waals surface area (Å²) in [5.41, 5.74) is 5.58. The van der Waals surface area contributed by atoms with Crippen molar-refractivity contribution >= 4 is 5.91 Å². The molecule has 1 aliphatic carbocycles. The Kier molecular flexibility index (Phi) is 3.97. The van der Waals surface area contributed by atoms with Gasteiger partial charge in [-0.05, 0) is 25.7 Å². The zero-order chi connectivity index (χ0) is 10.6. The third-order valence-corrected chi connectivity index (χ3v) is 2.90. The normalized spacial score (nSPS) is 20.4. The Hall–Kier alpha value is -1.01. The number of terminal acetylenes is 1. The summed E-state index contributed by atoms with van der Waals surface area (Å²) in [5, 5.41) is 2.91. The lowest BCUT2D eigenvalue weighted by molar-refractivity contribution is -0.123. The molecule has 0 saturated heterocycles. The fourth-order valence-electron chi connectivity index (χ4n) is 1.61. The predicted molar refractivity (Wildman–Crippen MR) is 56.4 cm³/mol. The molecule has 1 rings (SSSR count). The van der Waals surface area contributed by atoms with Gasteiger partial charge in [0.2, 0.25) is 5.91 Å². The molecular formula is C11H18N2O. The minimum atomic E-state index is -0.553. The Morgan fingerprint density at radius 1 is 1.71 bits per heavy atom. The number of carbonyl (C=O) groups excluding carboxylic acids is 1. The van der Waals surface area contributed by atoms with Crippen molar-refractivity contribution in [1.29, 1.82) is 0 Å². The third kappa shape index (κ3) is 2.74. The first kappa shape index (κ1) is 11.1. The van der Waals surface area contributed by atoms with Crippen LogP contribution in [0.4, 0.5) is 0 Å². The van der Waals surface area contributed by atoms with Gasteiger partial charge in [-0.25, -0.2) is 0 Å². The molecular weight excluding hydrogens is 176 g/mol. The highest BCUT2D eigenvalue weighted by Gasteiger charge is 2.26. The average molecular weight is 194 g/mol. The first-order chi connectivity index (χ1) is 6.65. The van der Waals surface area contributed by atoms with Crippen molar-refractivity contribution in [2.75, 3.05) is 0 Å². The van der Waals surface area contributed by atoms with Gasteiger partial charge in [-0.2, -0.15) is 0 Å². The predicted octanol–water partition coefficient (Wildman–Crippen LogP) is 0.642. The van der Waals surface area contributed by atoms with Gasteiger partial charge in [0.25, 0.3) is 0 Å². The standard InChI is InChI=1S/C11H18N2O/c1-3-5-10(12)11(14)13-8(2)9-6-4-7-9/h1,8-10H,4-7,12H2,2H3,(H,13,14). The van der Waals surface area contributed by atoms with Crippen molar-refractivity contribution in [3.05, 3.63) is 0 Å². The molecule has 78 valence electrons. The maximum atomic E-state index is 11.5. The average Bonchev–Trinajstić information content (AvgIpc) is 2.00. The highest BCUT2D eigenvalue weighted by atomic mass is 16.2. The number of hydrogen-bond acceptors (Lipinski definition) is 2. The summed E-state index contributed by atoms with van der Waals surface area (Å²) in [7, 11) is 0. The minimum Gasteiger partial charge on any atom is -0.352 e. The van der Waals surface area contributed by atoms with Crippen molar-refractivity contribution in [3.8, 4) is 12.3 Å². The lowest BCUT2D eigenvalue weighted by Crippen LogP contribution is -2.47. The zero-order valence-corrected chi connectivity index (χ0v) is 8.62. The number of nitrogens with one attached hydrogen (secondary N) is 1. The second-order valence-corrected chi connectivity index (χ2v) is 4.00. The SMILES string of the molecule is C#CCC(N)C(=O)NC(C)C1CCC1. The maximum Gasteiger partial charge on any atom is 0.238 e. The largest absolute Gasteiger partial charge is 0.352 e. The first-order valence-corrected chi connectivity index (χ1v) is 5.14. The first-order valence-electron chi connectivity index (χ1n) is 5.14. The van der Waals surface area contributed by atoms with Crippen LogP contribution in [0, 0.1) is 18.3 Å². The number of rotatable bonds is 4. The molecule has 3 N–H and O–H groups in total. The van der Waals surface area contributed by atoms with Crippen LogP contribution in [-0.4, -0.2) is 18.0 Å². The van der Waals surface area contributed by atoms with Crippen molar-refractivity contribution in [3.63, 3.8) is 0 Å². The molecule has 2 atom stereocenters. The van der Waals surface area contributed by atoms with E-state index in [-0.39, 0.29) is 11.9 Å². The van der Waals surface area contributed by atoms with Crippen molar-refractivity contribution in [2.24, 2.45) is 11.7 Å². The minimum absolute atomic E-state index is 0.123. The van der Waals surface area contributed by atoms with Gasteiger partial charge >= 0.3 is 0 Å². The van der Waals surface area contributed by atoms with E-state index in [4.69, 9.17) is 12.2 Å². The van der Waals surface area contributed by atoms with Crippen LogP contribution in [0.2, 0.25) is 0 Å². The van der Waals surface area contributed by atoms with Gasteiger partial charge in [-0.1, -0.05) is 6.42 Å². The van der Waals surface area contributed by atoms with Gasteiger partial charge in [0.15, 0.2) is 0 Å². The molecule has 3 heteroatoms. The van der Waals surface area contributed by atoms with E-state index in [1.807, 2.05) is 6.92 Å². The molecule has 1 amide bonds. The maximum absolute atomic E-state index is 11.5. The molecule has 0 radical (unpaired) electrons. The van der Waals surface area contributed by atoms with Crippen LogP contribution in [0.1, 0.15) is 32.6 Å². The van der Waals surface area contributed by atoms with Gasteiger partial charge in [-0.15, -0.1) is 12.3 Å². The Bertz CT molecular complexity index is 240. The Balaban J connectivity index is 2.28. The molecule has 3 nitrogen and oxygen atoms in total. The zero-order valence-electron chi connectivity index (χ0n) is 8.62. The molecule has 2 unspecified atom stereocenters. The van der Waals surface area contributed by atoms with Crippen LogP contribution >= 0.6 is 0 Å². The Morgan fingerprint density at radius 2 is 2.36 bits per heavy atom. The van der Waals surface area contributed by atoms with E-state index in [0.29, 0.717) is 12.3 Å². The summed E-state index contributed by atoms with van der Waals surface area (Å²) >= 11 is 0. The van der Waals surface area contributed by atoms with Crippen molar-refractivity contribution < 1.29 is 4.79 Å². The fourth-order valence-corrected chi connectivity index (χ4v) is 1.61. The van der Waals surface area contributed by atoms with Crippen LogP contribution in [0.5, 0.6) is 0 Å². The van der Waals surface area contributed by atoms with Gasteiger partial charge in [-0.3, -0.25) is 4.79 Å². The molecule has 0 spiro atoms. The number of hydrogen-bond donors (Lipinski definition) is 2. The molecule has 0 bridgehead atoms. The summed E-state index contributed by atoms with van der Waals surface area (Å²) in [5.74, 6) is 2.91. The second kappa shape index (κ2) is 5.02. The van der Waals surface area contributed by atoms with E-state index in [1.165, 1.54) is 19.3 Å². The third-order valence-electron chi connectivity index (χ3n) is 2.90. The van der Waals surface area contributed by atoms with Crippen LogP contribution in [0.25, 0.3) is 0 Å². The monoisotopic (exact) mass is 194 g/mol. The van der Waals surface area contributed by atoms with Crippen LogP contribution in [0.3, 0.4) is 0 Å². The quantitative estimate of drug-likeness (QED) is 0.645. The van der Waals surface area contributed by atoms with E-state index in [1.54, 1.807) is 0 Å². The molecule has 0 heterocycles. The summed E-state index contributed by atoms with van der Waals surface area (Å²) in [6, 6.07) is -0.317. The topological polar surface area (TPSA) is 55.1 Å². The molecule has 0 aromatic carbocycles. The molecule has 0 aromatic heterocycles. The Morgan fingerprint density at radius 3 is 2.79 bits per heavy atom. The van der Waals surface area contributed by atoms with Gasteiger partial charge in [0, 0.05) is 12.5 Å². The lowest BCUT2D eigenvalue weighted by atomic mass is 9.80. The Labute approximate surface area is 85.4 Å². The number of nitrogens with two attached hydrogens (primary N) is 1. The summed E-state index contributed by atoms with van der Waals surface area (Å²) in [6.45, 7) is 2.03. The van der Waals surface area contributed by atoms with E-state index in [0.717, 1.165) is 0 Å². The van der Waals surface area contributed by atoms with Gasteiger partial charge in [0.1, 0.15) is 0 Å². The number of amides is 1. The summed E-state index contributed by atoms with van der Waals surface area (Å²) in [4.78, 5) is 11.5. The van der Waals surface area contributed by atoms with Gasteiger partial charge < -0.3 is 11.1 Å². The van der Waals surface area contributed by atoms with E-state index in [9.17, 15) is 4.79 Å². The molecule has 0 aliphatic heterocycles. The van der Waals surface area contributed by atoms with Gasteiger partial charge in [0.05, 0.1) is 6.04 Å². The van der Waals surface area contributed by atoms with Crippen molar-refractivity contribution in [2.45, 2.75) is 44.7 Å². The lowest BCUT2D eigenvalue weighted by Gasteiger charge is -2.32. The molecule has 1 saturated carbocycles. The smallest absolute Gasteiger partial charge is 0.238 e. The van der Waals surface area contributed by atoms with E-state index in [2.05, 4.69) is 11.2 Å². The summed E-state index contributed by atoms with van der Waals surface area (Å²) < 4.78 is 0. The fraction of sp³-hybridized carbons (Fsp3) is 0.727. The molecule has 14 heavy (non-hydrogen) atoms. The molecule has 1 aliphatic rings. The highest BCUT2D eigenvalue weighted by Crippen LogP contribution is 2.29. The molecule has 0 aromatic rings. The van der Waals surface area contributed by atoms with Crippen LogP contribution < -0.4 is 11.1 Å². The van der Waals surface area contributed by atoms with Crippen molar-refractivity contribution in [1.82, 2.24) is 5.32 Å².